The van der Waals surface area contributed by atoms with E-state index in [9.17, 15) is 13.2 Å². The second-order valence-electron chi connectivity index (χ2n) is 8.18. The summed E-state index contributed by atoms with van der Waals surface area (Å²) in [6.07, 6.45) is 4.94. The van der Waals surface area contributed by atoms with Crippen LogP contribution in [0, 0.1) is 11.8 Å². The van der Waals surface area contributed by atoms with Gasteiger partial charge in [-0.25, -0.2) is 8.42 Å². The van der Waals surface area contributed by atoms with E-state index < -0.39 is 10.0 Å². The van der Waals surface area contributed by atoms with Crippen LogP contribution in [0.2, 0.25) is 0 Å². The van der Waals surface area contributed by atoms with Crippen LogP contribution in [-0.2, 0) is 14.8 Å². The van der Waals surface area contributed by atoms with Crippen molar-refractivity contribution in [2.24, 2.45) is 11.8 Å². The quantitative estimate of drug-likeness (QED) is 0.705. The second-order valence-corrected chi connectivity index (χ2v) is 10.1. The summed E-state index contributed by atoms with van der Waals surface area (Å²) in [6.45, 7) is 7.05. The highest BCUT2D eigenvalue weighted by molar-refractivity contribution is 7.89. The standard InChI is InChI=1S/C21H33N3O3S/c1-18-10-15-23(16-11-18)13-6-12-22-21(25)19-7-5-14-24(17-19)28(26,27)20-8-3-2-4-9-20/h2-4,8-9,18-19H,5-7,10-17H2,1H3,(H,22,25). The molecule has 0 bridgehead atoms. The zero-order valence-electron chi connectivity index (χ0n) is 16.8. The van der Waals surface area contributed by atoms with E-state index in [1.807, 2.05) is 0 Å². The number of carbonyl (C=O) groups excluding carboxylic acids is 1. The summed E-state index contributed by atoms with van der Waals surface area (Å²) < 4.78 is 27.1. The third kappa shape index (κ3) is 5.55. The minimum absolute atomic E-state index is 0.0137. The molecule has 1 amide bonds. The van der Waals surface area contributed by atoms with Gasteiger partial charge in [-0.3, -0.25) is 4.79 Å². The number of likely N-dealkylation sites (tertiary alicyclic amines) is 1. The lowest BCUT2D eigenvalue weighted by Crippen LogP contribution is -2.45. The predicted octanol–water partition coefficient (Wildman–Crippen LogP) is 2.33. The van der Waals surface area contributed by atoms with E-state index in [4.69, 9.17) is 0 Å². The molecule has 2 heterocycles. The van der Waals surface area contributed by atoms with E-state index >= 15 is 0 Å². The maximum atomic E-state index is 12.8. The van der Waals surface area contributed by atoms with E-state index in [1.165, 1.54) is 17.1 Å². The average Bonchev–Trinajstić information content (AvgIpc) is 2.73. The molecule has 1 N–H and O–H groups in total. The van der Waals surface area contributed by atoms with Crippen molar-refractivity contribution in [3.8, 4) is 0 Å². The first-order chi connectivity index (χ1) is 13.5. The lowest BCUT2D eigenvalue weighted by atomic mass is 9.98. The molecule has 2 aliphatic heterocycles. The van der Waals surface area contributed by atoms with Crippen LogP contribution in [0.4, 0.5) is 0 Å². The number of rotatable bonds is 7. The summed E-state index contributed by atoms with van der Waals surface area (Å²) in [5.41, 5.74) is 0. The Bertz CT molecular complexity index is 731. The molecule has 1 aromatic carbocycles. The molecule has 2 saturated heterocycles. The molecule has 2 aliphatic rings. The number of benzene rings is 1. The molecule has 0 aliphatic carbocycles. The zero-order chi connectivity index (χ0) is 20.0. The van der Waals surface area contributed by atoms with Crippen molar-refractivity contribution in [1.29, 1.82) is 0 Å². The minimum atomic E-state index is -3.53. The summed E-state index contributed by atoms with van der Waals surface area (Å²) in [4.78, 5) is 15.3. The summed E-state index contributed by atoms with van der Waals surface area (Å²) in [5, 5.41) is 3.03. The molecule has 156 valence electrons. The average molecular weight is 408 g/mol. The Labute approximate surface area is 169 Å². The van der Waals surface area contributed by atoms with Gasteiger partial charge in [0.1, 0.15) is 0 Å². The maximum absolute atomic E-state index is 12.8. The minimum Gasteiger partial charge on any atom is -0.356 e. The molecule has 0 spiro atoms. The van der Waals surface area contributed by atoms with Crippen molar-refractivity contribution in [3.63, 3.8) is 0 Å². The SMILES string of the molecule is CC1CCN(CCCNC(=O)C2CCCN(S(=O)(=O)c3ccccc3)C2)CC1. The van der Waals surface area contributed by atoms with E-state index in [0.29, 0.717) is 18.0 Å². The molecule has 3 rings (SSSR count). The fourth-order valence-electron chi connectivity index (χ4n) is 4.06. The van der Waals surface area contributed by atoms with Crippen molar-refractivity contribution in [2.45, 2.75) is 43.9 Å². The van der Waals surface area contributed by atoms with Crippen LogP contribution in [0.25, 0.3) is 0 Å². The number of nitrogens with zero attached hydrogens (tertiary/aromatic N) is 2. The lowest BCUT2D eigenvalue weighted by molar-refractivity contribution is -0.126. The Morgan fingerprint density at radius 2 is 1.82 bits per heavy atom. The molecule has 7 heteroatoms. The van der Waals surface area contributed by atoms with Gasteiger partial charge in [-0.1, -0.05) is 25.1 Å². The molecule has 2 fully saturated rings. The first-order valence-corrected chi connectivity index (χ1v) is 12.0. The lowest BCUT2D eigenvalue weighted by Gasteiger charge is -2.31. The van der Waals surface area contributed by atoms with Gasteiger partial charge in [0.15, 0.2) is 0 Å². The van der Waals surface area contributed by atoms with E-state index in [0.717, 1.165) is 44.8 Å². The van der Waals surface area contributed by atoms with Crippen LogP contribution in [0.5, 0.6) is 0 Å². The molecule has 28 heavy (non-hydrogen) atoms. The highest BCUT2D eigenvalue weighted by Crippen LogP contribution is 2.23. The number of carbonyl (C=O) groups is 1. The van der Waals surface area contributed by atoms with E-state index in [1.54, 1.807) is 30.3 Å². The van der Waals surface area contributed by atoms with Crippen LogP contribution in [-0.4, -0.2) is 62.8 Å². The Hall–Kier alpha value is -1.44. The van der Waals surface area contributed by atoms with Gasteiger partial charge in [0, 0.05) is 19.6 Å². The summed E-state index contributed by atoms with van der Waals surface area (Å²) in [6, 6.07) is 8.48. The van der Waals surface area contributed by atoms with Crippen LogP contribution in [0.3, 0.4) is 0 Å². The molecule has 0 aromatic heterocycles. The first-order valence-electron chi connectivity index (χ1n) is 10.5. The normalized spacial score (nSPS) is 22.8. The van der Waals surface area contributed by atoms with Crippen LogP contribution < -0.4 is 5.32 Å². The molecular weight excluding hydrogens is 374 g/mol. The number of nitrogens with one attached hydrogen (secondary N) is 1. The van der Waals surface area contributed by atoms with Gasteiger partial charge in [-0.2, -0.15) is 4.31 Å². The number of sulfonamides is 1. The van der Waals surface area contributed by atoms with Crippen molar-refractivity contribution >= 4 is 15.9 Å². The van der Waals surface area contributed by atoms with Crippen LogP contribution >= 0.6 is 0 Å². The van der Waals surface area contributed by atoms with Crippen molar-refractivity contribution in [2.75, 3.05) is 39.3 Å². The number of amides is 1. The van der Waals surface area contributed by atoms with Crippen LogP contribution in [0.15, 0.2) is 35.2 Å². The Morgan fingerprint density at radius 1 is 1.11 bits per heavy atom. The number of hydrogen-bond donors (Lipinski definition) is 1. The van der Waals surface area contributed by atoms with E-state index in [2.05, 4.69) is 17.1 Å². The molecule has 1 unspecified atom stereocenters. The highest BCUT2D eigenvalue weighted by Gasteiger charge is 2.33. The van der Waals surface area contributed by atoms with Gasteiger partial charge < -0.3 is 10.2 Å². The summed E-state index contributed by atoms with van der Waals surface area (Å²) >= 11 is 0. The Balaban J connectivity index is 1.44. The van der Waals surface area contributed by atoms with Gasteiger partial charge in [0.05, 0.1) is 10.8 Å². The smallest absolute Gasteiger partial charge is 0.243 e. The fourth-order valence-corrected chi connectivity index (χ4v) is 5.61. The summed E-state index contributed by atoms with van der Waals surface area (Å²) in [5.74, 6) is 0.556. The van der Waals surface area contributed by atoms with E-state index in [-0.39, 0.29) is 18.4 Å². The first kappa shape index (κ1) is 21.3. The van der Waals surface area contributed by atoms with Gasteiger partial charge in [0.25, 0.3) is 0 Å². The van der Waals surface area contributed by atoms with Crippen molar-refractivity contribution < 1.29 is 13.2 Å². The molecular formula is C21H33N3O3S. The topological polar surface area (TPSA) is 69.7 Å². The largest absolute Gasteiger partial charge is 0.356 e. The van der Waals surface area contributed by atoms with Gasteiger partial charge in [0.2, 0.25) is 15.9 Å². The molecule has 1 aromatic rings. The Kier molecular flexibility index (Phi) is 7.48. The molecule has 0 radical (unpaired) electrons. The zero-order valence-corrected chi connectivity index (χ0v) is 17.7. The number of hydrogen-bond acceptors (Lipinski definition) is 4. The molecule has 6 nitrogen and oxygen atoms in total. The van der Waals surface area contributed by atoms with Crippen LogP contribution in [0.1, 0.15) is 39.0 Å². The van der Waals surface area contributed by atoms with Gasteiger partial charge in [-0.05, 0) is 69.8 Å². The Morgan fingerprint density at radius 3 is 2.54 bits per heavy atom. The third-order valence-corrected chi connectivity index (χ3v) is 7.84. The fraction of sp³-hybridized carbons (Fsp3) is 0.667. The summed E-state index contributed by atoms with van der Waals surface area (Å²) in [7, 11) is -3.53. The third-order valence-electron chi connectivity index (χ3n) is 5.96. The predicted molar refractivity (Wildman–Crippen MR) is 110 cm³/mol. The molecule has 0 saturated carbocycles. The molecule has 1 atom stereocenters. The van der Waals surface area contributed by atoms with Gasteiger partial charge in [-0.15, -0.1) is 0 Å². The highest BCUT2D eigenvalue weighted by atomic mass is 32.2. The van der Waals surface area contributed by atoms with Crippen molar-refractivity contribution in [3.05, 3.63) is 30.3 Å². The number of piperidine rings is 2. The monoisotopic (exact) mass is 407 g/mol. The van der Waals surface area contributed by atoms with Gasteiger partial charge >= 0.3 is 0 Å². The van der Waals surface area contributed by atoms with Crippen molar-refractivity contribution in [1.82, 2.24) is 14.5 Å². The maximum Gasteiger partial charge on any atom is 0.243 e. The second kappa shape index (κ2) is 9.85.